The van der Waals surface area contributed by atoms with Gasteiger partial charge in [0.05, 0.1) is 17.4 Å². The predicted octanol–water partition coefficient (Wildman–Crippen LogP) is -0.368. The summed E-state index contributed by atoms with van der Waals surface area (Å²) >= 11 is 0. The van der Waals surface area contributed by atoms with Gasteiger partial charge in [0.25, 0.3) is 0 Å². The normalized spacial score (nSPS) is 31.6. The molecule has 2 aliphatic rings. The van der Waals surface area contributed by atoms with E-state index in [9.17, 15) is 13.2 Å². The fourth-order valence-corrected chi connectivity index (χ4v) is 4.37. The Bertz CT molecular complexity index is 388. The predicted molar refractivity (Wildman–Crippen MR) is 65.4 cm³/mol. The van der Waals surface area contributed by atoms with E-state index in [-0.39, 0.29) is 23.3 Å². The van der Waals surface area contributed by atoms with E-state index in [0.29, 0.717) is 19.0 Å². The first-order chi connectivity index (χ1) is 7.98. The van der Waals surface area contributed by atoms with Gasteiger partial charge in [0.2, 0.25) is 5.91 Å². The number of nitrogens with zero attached hydrogens (tertiary/aromatic N) is 1. The van der Waals surface area contributed by atoms with Crippen molar-refractivity contribution in [1.82, 2.24) is 10.2 Å². The molecule has 0 aliphatic carbocycles. The summed E-state index contributed by atoms with van der Waals surface area (Å²) in [7, 11) is -1.19. The van der Waals surface area contributed by atoms with E-state index in [2.05, 4.69) is 5.32 Å². The molecule has 2 atom stereocenters. The van der Waals surface area contributed by atoms with Gasteiger partial charge in [0, 0.05) is 19.6 Å². The highest BCUT2D eigenvalue weighted by atomic mass is 32.2. The van der Waals surface area contributed by atoms with Gasteiger partial charge in [0.1, 0.15) is 0 Å². The van der Waals surface area contributed by atoms with E-state index in [1.54, 1.807) is 11.9 Å². The minimum atomic E-state index is -2.96. The van der Waals surface area contributed by atoms with Crippen LogP contribution >= 0.6 is 0 Å². The quantitative estimate of drug-likeness (QED) is 0.752. The summed E-state index contributed by atoms with van der Waals surface area (Å²) in [5.74, 6) is -0.126. The SMILES string of the molecule is CN(CC1CCCN1)C(=O)C1CCS(=O)(=O)C1. The molecule has 5 nitrogen and oxygen atoms in total. The van der Waals surface area contributed by atoms with Crippen LogP contribution in [0.3, 0.4) is 0 Å². The van der Waals surface area contributed by atoms with E-state index in [1.165, 1.54) is 0 Å². The Kier molecular flexibility index (Phi) is 3.73. The van der Waals surface area contributed by atoms with Crippen LogP contribution in [0.4, 0.5) is 0 Å². The smallest absolute Gasteiger partial charge is 0.226 e. The highest BCUT2D eigenvalue weighted by Gasteiger charge is 2.35. The van der Waals surface area contributed by atoms with Gasteiger partial charge in [-0.3, -0.25) is 4.79 Å². The first kappa shape index (κ1) is 12.8. The van der Waals surface area contributed by atoms with Gasteiger partial charge < -0.3 is 10.2 Å². The minimum absolute atomic E-state index is 0.0141. The maximum Gasteiger partial charge on any atom is 0.226 e. The highest BCUT2D eigenvalue weighted by Crippen LogP contribution is 2.20. The fourth-order valence-electron chi connectivity index (χ4n) is 2.63. The van der Waals surface area contributed by atoms with Crippen molar-refractivity contribution < 1.29 is 13.2 Å². The molecular weight excluding hydrogens is 240 g/mol. The molecule has 2 heterocycles. The minimum Gasteiger partial charge on any atom is -0.344 e. The number of carbonyl (C=O) groups is 1. The molecule has 0 aromatic heterocycles. The topological polar surface area (TPSA) is 66.5 Å². The molecule has 0 saturated carbocycles. The van der Waals surface area contributed by atoms with Crippen molar-refractivity contribution in [1.29, 1.82) is 0 Å². The van der Waals surface area contributed by atoms with Gasteiger partial charge >= 0.3 is 0 Å². The lowest BCUT2D eigenvalue weighted by Crippen LogP contribution is -2.41. The number of sulfone groups is 1. The summed E-state index contributed by atoms with van der Waals surface area (Å²) in [6, 6.07) is 0.377. The molecule has 0 aromatic carbocycles. The second-order valence-corrected chi connectivity index (χ2v) is 7.34. The maximum absolute atomic E-state index is 12.1. The van der Waals surface area contributed by atoms with Crippen molar-refractivity contribution >= 4 is 15.7 Å². The molecule has 2 saturated heterocycles. The van der Waals surface area contributed by atoms with Crippen LogP contribution in [0.1, 0.15) is 19.3 Å². The molecule has 2 rings (SSSR count). The van der Waals surface area contributed by atoms with Gasteiger partial charge in [-0.15, -0.1) is 0 Å². The van der Waals surface area contributed by atoms with Crippen molar-refractivity contribution in [3.63, 3.8) is 0 Å². The third kappa shape index (κ3) is 3.19. The molecule has 2 fully saturated rings. The molecule has 1 amide bonds. The molecule has 17 heavy (non-hydrogen) atoms. The molecule has 2 unspecified atom stereocenters. The summed E-state index contributed by atoms with van der Waals surface area (Å²) in [6.45, 7) is 1.71. The van der Waals surface area contributed by atoms with E-state index in [4.69, 9.17) is 0 Å². The van der Waals surface area contributed by atoms with Crippen molar-refractivity contribution in [3.05, 3.63) is 0 Å². The largest absolute Gasteiger partial charge is 0.344 e. The average molecular weight is 260 g/mol. The van der Waals surface area contributed by atoms with Crippen LogP contribution in [0.25, 0.3) is 0 Å². The monoisotopic (exact) mass is 260 g/mol. The lowest BCUT2D eigenvalue weighted by Gasteiger charge is -2.23. The zero-order chi connectivity index (χ0) is 12.5. The fraction of sp³-hybridized carbons (Fsp3) is 0.909. The number of rotatable bonds is 3. The zero-order valence-electron chi connectivity index (χ0n) is 10.2. The van der Waals surface area contributed by atoms with Gasteiger partial charge in [-0.1, -0.05) is 0 Å². The van der Waals surface area contributed by atoms with Crippen LogP contribution in [0.2, 0.25) is 0 Å². The van der Waals surface area contributed by atoms with Crippen molar-refractivity contribution in [2.75, 3.05) is 31.6 Å². The Labute approximate surface area is 102 Å². The Morgan fingerprint density at radius 2 is 2.18 bits per heavy atom. The highest BCUT2D eigenvalue weighted by molar-refractivity contribution is 7.91. The third-order valence-corrected chi connectivity index (χ3v) is 5.38. The molecule has 0 aromatic rings. The first-order valence-corrected chi connectivity index (χ1v) is 7.99. The second kappa shape index (κ2) is 4.94. The number of hydrogen-bond donors (Lipinski definition) is 1. The number of amides is 1. The van der Waals surface area contributed by atoms with Gasteiger partial charge in [-0.25, -0.2) is 8.42 Å². The number of nitrogens with one attached hydrogen (secondary N) is 1. The molecule has 0 spiro atoms. The average Bonchev–Trinajstić information content (AvgIpc) is 2.86. The summed E-state index contributed by atoms with van der Waals surface area (Å²) in [4.78, 5) is 13.7. The Morgan fingerprint density at radius 3 is 2.71 bits per heavy atom. The third-order valence-electron chi connectivity index (χ3n) is 3.61. The Morgan fingerprint density at radius 1 is 1.41 bits per heavy atom. The Balaban J connectivity index is 1.86. The summed E-state index contributed by atoms with van der Waals surface area (Å²) in [6.07, 6.45) is 2.74. The van der Waals surface area contributed by atoms with Crippen molar-refractivity contribution in [2.24, 2.45) is 5.92 Å². The second-order valence-electron chi connectivity index (χ2n) is 5.11. The van der Waals surface area contributed by atoms with Gasteiger partial charge in [-0.2, -0.15) is 0 Å². The van der Waals surface area contributed by atoms with Crippen LogP contribution < -0.4 is 5.32 Å². The molecule has 2 aliphatic heterocycles. The summed E-state index contributed by atoms with van der Waals surface area (Å²) in [5.41, 5.74) is 0. The van der Waals surface area contributed by atoms with Gasteiger partial charge in [-0.05, 0) is 25.8 Å². The first-order valence-electron chi connectivity index (χ1n) is 6.17. The summed E-state index contributed by atoms with van der Waals surface area (Å²) < 4.78 is 22.7. The van der Waals surface area contributed by atoms with Crippen LogP contribution in [0.15, 0.2) is 0 Å². The molecule has 0 bridgehead atoms. The lowest BCUT2D eigenvalue weighted by molar-refractivity contribution is -0.133. The van der Waals surface area contributed by atoms with Crippen LogP contribution in [0, 0.1) is 5.92 Å². The van der Waals surface area contributed by atoms with Crippen LogP contribution in [-0.2, 0) is 14.6 Å². The standard InChI is InChI=1S/C11H20N2O3S/c1-13(7-10-3-2-5-12-10)11(14)9-4-6-17(15,16)8-9/h9-10,12H,2-8H2,1H3. The molecule has 0 radical (unpaired) electrons. The lowest BCUT2D eigenvalue weighted by atomic mass is 10.1. The number of hydrogen-bond acceptors (Lipinski definition) is 4. The number of carbonyl (C=O) groups excluding carboxylic acids is 1. The molecular formula is C11H20N2O3S. The van der Waals surface area contributed by atoms with E-state index in [1.807, 2.05) is 0 Å². The van der Waals surface area contributed by atoms with Crippen LogP contribution in [-0.4, -0.2) is 56.9 Å². The molecule has 6 heteroatoms. The van der Waals surface area contributed by atoms with E-state index < -0.39 is 9.84 Å². The van der Waals surface area contributed by atoms with Gasteiger partial charge in [0.15, 0.2) is 9.84 Å². The molecule has 98 valence electrons. The maximum atomic E-state index is 12.1. The van der Waals surface area contributed by atoms with Crippen LogP contribution in [0.5, 0.6) is 0 Å². The number of likely N-dealkylation sites (N-methyl/N-ethyl adjacent to an activating group) is 1. The van der Waals surface area contributed by atoms with Crippen molar-refractivity contribution in [3.8, 4) is 0 Å². The Hall–Kier alpha value is -0.620. The zero-order valence-corrected chi connectivity index (χ0v) is 11.0. The summed E-state index contributed by atoms with van der Waals surface area (Å²) in [5, 5.41) is 3.34. The van der Waals surface area contributed by atoms with E-state index in [0.717, 1.165) is 19.4 Å². The molecule has 1 N–H and O–H groups in total. The van der Waals surface area contributed by atoms with E-state index >= 15 is 0 Å². The van der Waals surface area contributed by atoms with Crippen molar-refractivity contribution in [2.45, 2.75) is 25.3 Å².